The lowest BCUT2D eigenvalue weighted by Gasteiger charge is -2.21. The minimum absolute atomic E-state index is 0.119. The molecule has 3 aromatic rings. The predicted octanol–water partition coefficient (Wildman–Crippen LogP) is 2.68. The van der Waals surface area contributed by atoms with Crippen molar-refractivity contribution in [1.82, 2.24) is 14.3 Å². The van der Waals surface area contributed by atoms with Crippen molar-refractivity contribution in [3.05, 3.63) is 54.0 Å². The van der Waals surface area contributed by atoms with Gasteiger partial charge >= 0.3 is 0 Å². The molecule has 2 aromatic heterocycles. The minimum atomic E-state index is -3.74. The van der Waals surface area contributed by atoms with Crippen molar-refractivity contribution in [3.63, 3.8) is 0 Å². The molecule has 9 heteroatoms. The number of rotatable bonds is 5. The summed E-state index contributed by atoms with van der Waals surface area (Å²) in [4.78, 5) is 11.1. The molecule has 7 nitrogen and oxygen atoms in total. The van der Waals surface area contributed by atoms with Crippen LogP contribution in [0.4, 0.5) is 4.39 Å². The number of H-pyrrole nitrogens is 1. The maximum absolute atomic E-state index is 14.5. The first-order valence-corrected chi connectivity index (χ1v) is 10.3. The van der Waals surface area contributed by atoms with Gasteiger partial charge in [-0.25, -0.2) is 22.1 Å². The predicted molar refractivity (Wildman–Crippen MR) is 109 cm³/mol. The lowest BCUT2D eigenvalue weighted by Crippen LogP contribution is -2.40. The van der Waals surface area contributed by atoms with Gasteiger partial charge in [-0.2, -0.15) is 0 Å². The van der Waals surface area contributed by atoms with E-state index in [1.54, 1.807) is 25.3 Å². The number of sulfonamides is 1. The van der Waals surface area contributed by atoms with Crippen molar-refractivity contribution in [2.45, 2.75) is 12.8 Å². The Morgan fingerprint density at radius 1 is 1.36 bits per heavy atom. The Labute approximate surface area is 163 Å². The summed E-state index contributed by atoms with van der Waals surface area (Å²) >= 11 is 0. The molecule has 2 heterocycles. The van der Waals surface area contributed by atoms with E-state index < -0.39 is 21.8 Å². The van der Waals surface area contributed by atoms with Crippen LogP contribution in [0.2, 0.25) is 0 Å². The van der Waals surface area contributed by atoms with Crippen molar-refractivity contribution in [2.75, 3.05) is 19.8 Å². The molecular weight excluding hydrogens is 381 g/mol. The highest BCUT2D eigenvalue weighted by molar-refractivity contribution is 7.89. The third-order valence-electron chi connectivity index (χ3n) is 4.66. The van der Waals surface area contributed by atoms with Gasteiger partial charge in [0.2, 0.25) is 16.0 Å². The van der Waals surface area contributed by atoms with Gasteiger partial charge in [0.05, 0.1) is 5.75 Å². The SMILES string of the molecule is CN=C(N)N(C)S(=O)(=O)CC(C)c1cc(-c2cc3cccnc3[nH]2)ccc1F. The van der Waals surface area contributed by atoms with Gasteiger partial charge in [-0.15, -0.1) is 0 Å². The molecule has 0 saturated heterocycles. The first-order chi connectivity index (χ1) is 13.2. The Kier molecular flexibility index (Phi) is 5.37. The van der Waals surface area contributed by atoms with E-state index in [0.717, 1.165) is 26.6 Å². The number of guanidine groups is 1. The summed E-state index contributed by atoms with van der Waals surface area (Å²) in [7, 11) is -1.01. The molecule has 0 aliphatic carbocycles. The fourth-order valence-electron chi connectivity index (χ4n) is 3.00. The molecule has 0 saturated carbocycles. The molecule has 0 radical (unpaired) electrons. The number of halogens is 1. The number of hydrogen-bond acceptors (Lipinski definition) is 4. The second kappa shape index (κ2) is 7.59. The van der Waals surface area contributed by atoms with Crippen LogP contribution in [0.15, 0.2) is 47.6 Å². The average Bonchev–Trinajstić information content (AvgIpc) is 3.10. The van der Waals surface area contributed by atoms with Crippen LogP contribution in [0.5, 0.6) is 0 Å². The summed E-state index contributed by atoms with van der Waals surface area (Å²) in [5.41, 5.74) is 8.17. The zero-order chi connectivity index (χ0) is 20.5. The normalized spacial score (nSPS) is 13.6. The molecule has 0 aliphatic heterocycles. The summed E-state index contributed by atoms with van der Waals surface area (Å²) in [6, 6.07) is 10.4. The van der Waals surface area contributed by atoms with Crippen LogP contribution in [0.1, 0.15) is 18.4 Å². The van der Waals surface area contributed by atoms with Crippen LogP contribution in [-0.4, -0.2) is 48.5 Å². The quantitative estimate of drug-likeness (QED) is 0.505. The maximum Gasteiger partial charge on any atom is 0.237 e. The molecular formula is C19H22FN5O2S. The fourth-order valence-corrected chi connectivity index (χ4v) is 4.40. The van der Waals surface area contributed by atoms with Gasteiger partial charge in [-0.3, -0.25) is 4.99 Å². The highest BCUT2D eigenvalue weighted by Gasteiger charge is 2.25. The van der Waals surface area contributed by atoms with Gasteiger partial charge in [0.1, 0.15) is 11.5 Å². The molecule has 0 fully saturated rings. The Hall–Kier alpha value is -2.94. The lowest BCUT2D eigenvalue weighted by atomic mass is 9.99. The molecule has 28 heavy (non-hydrogen) atoms. The van der Waals surface area contributed by atoms with Gasteiger partial charge in [-0.05, 0) is 53.4 Å². The largest absolute Gasteiger partial charge is 0.369 e. The molecule has 0 amide bonds. The van der Waals surface area contributed by atoms with Crippen LogP contribution in [0, 0.1) is 5.82 Å². The van der Waals surface area contributed by atoms with E-state index in [1.807, 2.05) is 18.2 Å². The highest BCUT2D eigenvalue weighted by Crippen LogP contribution is 2.29. The van der Waals surface area contributed by atoms with Crippen molar-refractivity contribution in [1.29, 1.82) is 0 Å². The Morgan fingerprint density at radius 3 is 2.79 bits per heavy atom. The summed E-state index contributed by atoms with van der Waals surface area (Å²) in [6.45, 7) is 1.67. The average molecular weight is 403 g/mol. The molecule has 3 rings (SSSR count). The number of nitrogens with zero attached hydrogens (tertiary/aromatic N) is 3. The first kappa shape index (κ1) is 19.8. The maximum atomic E-state index is 14.5. The van der Waals surface area contributed by atoms with Gasteiger partial charge in [0.15, 0.2) is 0 Å². The van der Waals surface area contributed by atoms with E-state index >= 15 is 0 Å². The molecule has 1 aromatic carbocycles. The van der Waals surface area contributed by atoms with E-state index in [9.17, 15) is 12.8 Å². The Bertz CT molecular complexity index is 1110. The van der Waals surface area contributed by atoms with Crippen LogP contribution >= 0.6 is 0 Å². The van der Waals surface area contributed by atoms with Gasteiger partial charge < -0.3 is 10.7 Å². The molecule has 1 atom stereocenters. The lowest BCUT2D eigenvalue weighted by molar-refractivity contribution is 0.541. The van der Waals surface area contributed by atoms with Crippen LogP contribution < -0.4 is 5.73 Å². The van der Waals surface area contributed by atoms with Crippen molar-refractivity contribution in [2.24, 2.45) is 10.7 Å². The minimum Gasteiger partial charge on any atom is -0.369 e. The summed E-state index contributed by atoms with van der Waals surface area (Å²) in [5.74, 6) is -1.46. The van der Waals surface area contributed by atoms with Crippen molar-refractivity contribution < 1.29 is 12.8 Å². The van der Waals surface area contributed by atoms with Crippen molar-refractivity contribution >= 4 is 27.0 Å². The Morgan fingerprint density at radius 2 is 2.11 bits per heavy atom. The zero-order valence-corrected chi connectivity index (χ0v) is 16.7. The third-order valence-corrected chi connectivity index (χ3v) is 6.60. The molecule has 3 N–H and O–H groups in total. The number of nitrogens with one attached hydrogen (secondary N) is 1. The van der Waals surface area contributed by atoms with E-state index in [2.05, 4.69) is 15.0 Å². The summed E-state index contributed by atoms with van der Waals surface area (Å²) in [5, 5.41) is 0.940. The Balaban J connectivity index is 1.93. The first-order valence-electron chi connectivity index (χ1n) is 8.65. The number of aromatic amines is 1. The van der Waals surface area contributed by atoms with E-state index in [1.165, 1.54) is 20.2 Å². The van der Waals surface area contributed by atoms with Gasteiger partial charge in [0.25, 0.3) is 0 Å². The number of hydrogen-bond donors (Lipinski definition) is 2. The number of nitrogens with two attached hydrogens (primary N) is 1. The number of benzene rings is 1. The third kappa shape index (κ3) is 3.84. The number of aromatic nitrogens is 2. The van der Waals surface area contributed by atoms with Crippen molar-refractivity contribution in [3.8, 4) is 11.3 Å². The number of fused-ring (bicyclic) bond motifs is 1. The standard InChI is InChI=1S/C19H22FN5O2S/c1-12(11-28(26,27)25(3)19(21)22-2)15-9-13(6-7-16(15)20)17-10-14-5-4-8-23-18(14)24-17/h4-10,12H,11H2,1-3H3,(H2,21,22)(H,23,24). The topological polar surface area (TPSA) is 104 Å². The van der Waals surface area contributed by atoms with Crippen LogP contribution in [0.25, 0.3) is 22.3 Å². The van der Waals surface area contributed by atoms with Crippen LogP contribution in [0.3, 0.4) is 0 Å². The summed E-state index contributed by atoms with van der Waals surface area (Å²) < 4.78 is 40.4. The monoisotopic (exact) mass is 403 g/mol. The fraction of sp³-hybridized carbons (Fsp3) is 0.263. The van der Waals surface area contributed by atoms with E-state index in [0.29, 0.717) is 5.56 Å². The highest BCUT2D eigenvalue weighted by atomic mass is 32.2. The van der Waals surface area contributed by atoms with E-state index in [-0.39, 0.29) is 11.7 Å². The number of pyridine rings is 1. The summed E-state index contributed by atoms with van der Waals surface area (Å²) in [6.07, 6.45) is 1.69. The van der Waals surface area contributed by atoms with Gasteiger partial charge in [0, 0.05) is 31.4 Å². The second-order valence-corrected chi connectivity index (χ2v) is 8.63. The molecule has 0 bridgehead atoms. The smallest absolute Gasteiger partial charge is 0.237 e. The van der Waals surface area contributed by atoms with E-state index in [4.69, 9.17) is 5.73 Å². The molecule has 148 valence electrons. The van der Waals surface area contributed by atoms with Gasteiger partial charge in [-0.1, -0.05) is 6.92 Å². The van der Waals surface area contributed by atoms with Crippen LogP contribution in [-0.2, 0) is 10.0 Å². The molecule has 0 spiro atoms. The number of aliphatic imine (C=N–C) groups is 1. The molecule has 1 unspecified atom stereocenters. The zero-order valence-electron chi connectivity index (χ0n) is 15.8. The second-order valence-electron chi connectivity index (χ2n) is 6.59. The molecule has 0 aliphatic rings.